The van der Waals surface area contributed by atoms with Crippen LogP contribution >= 0.6 is 34.8 Å². The van der Waals surface area contributed by atoms with E-state index in [0.717, 1.165) is 0 Å². The molecule has 0 aliphatic rings. The number of rotatable bonds is 4. The van der Waals surface area contributed by atoms with Crippen molar-refractivity contribution >= 4 is 44.6 Å². The van der Waals surface area contributed by atoms with E-state index in [2.05, 4.69) is 0 Å². The second kappa shape index (κ2) is 5.92. The van der Waals surface area contributed by atoms with Crippen LogP contribution in [0.5, 0.6) is 0 Å². The molecule has 0 amide bonds. The summed E-state index contributed by atoms with van der Waals surface area (Å²) in [7, 11) is -3.32. The minimum atomic E-state index is -3.32. The van der Waals surface area contributed by atoms with E-state index in [1.54, 1.807) is 18.2 Å². The highest BCUT2D eigenvalue weighted by Crippen LogP contribution is 2.22. The fraction of sp³-hybridized carbons (Fsp3) is 0.200. The first-order valence-corrected chi connectivity index (χ1v) is 7.19. The van der Waals surface area contributed by atoms with Crippen LogP contribution in [-0.2, 0) is 9.84 Å². The van der Waals surface area contributed by atoms with Crippen LogP contribution in [0.4, 0.5) is 0 Å². The lowest BCUT2D eigenvalue weighted by Crippen LogP contribution is -2.06. The van der Waals surface area contributed by atoms with E-state index in [4.69, 9.17) is 34.8 Å². The van der Waals surface area contributed by atoms with Gasteiger partial charge in [-0.25, -0.2) is 8.42 Å². The molecule has 0 atom stereocenters. The van der Waals surface area contributed by atoms with Crippen molar-refractivity contribution in [3.63, 3.8) is 0 Å². The molecule has 1 aromatic rings. The molecule has 16 heavy (non-hydrogen) atoms. The van der Waals surface area contributed by atoms with Gasteiger partial charge in [-0.2, -0.15) is 0 Å². The Morgan fingerprint density at radius 3 is 2.12 bits per heavy atom. The third kappa shape index (κ3) is 3.98. The molecule has 0 spiro atoms. The quantitative estimate of drug-likeness (QED) is 0.849. The molecule has 6 heteroatoms. The summed E-state index contributed by atoms with van der Waals surface area (Å²) >= 11 is 16.5. The summed E-state index contributed by atoms with van der Waals surface area (Å²) in [6, 6.07) is 8.16. The number of sulfone groups is 1. The molecule has 0 radical (unpaired) electrons. The molecule has 1 aromatic carbocycles. The van der Waals surface area contributed by atoms with Crippen molar-refractivity contribution in [1.82, 2.24) is 0 Å². The lowest BCUT2D eigenvalue weighted by atomic mass is 10.4. The third-order valence-electron chi connectivity index (χ3n) is 1.90. The molecular weight excluding hydrogens is 291 g/mol. The second-order valence-electron chi connectivity index (χ2n) is 3.05. The maximum Gasteiger partial charge on any atom is 0.178 e. The highest BCUT2D eigenvalue weighted by atomic mass is 35.5. The topological polar surface area (TPSA) is 34.1 Å². The molecule has 2 nitrogen and oxygen atoms in total. The Bertz CT molecular complexity index is 476. The van der Waals surface area contributed by atoms with Crippen molar-refractivity contribution < 1.29 is 8.42 Å². The Kier molecular flexibility index (Phi) is 5.12. The summed E-state index contributed by atoms with van der Waals surface area (Å²) in [5, 5.41) is 0.155. The third-order valence-corrected chi connectivity index (χ3v) is 4.66. The van der Waals surface area contributed by atoms with Gasteiger partial charge in [0.1, 0.15) is 4.49 Å². The van der Waals surface area contributed by atoms with E-state index in [1.807, 2.05) is 0 Å². The predicted octanol–water partition coefficient (Wildman–Crippen LogP) is 3.74. The van der Waals surface area contributed by atoms with Crippen LogP contribution in [-0.4, -0.2) is 14.2 Å². The fourth-order valence-corrected chi connectivity index (χ4v) is 2.74. The lowest BCUT2D eigenvalue weighted by Gasteiger charge is -2.03. The first-order chi connectivity index (χ1) is 7.43. The summed E-state index contributed by atoms with van der Waals surface area (Å²) < 4.78 is 23.5. The van der Waals surface area contributed by atoms with E-state index >= 15 is 0 Å². The molecular formula is C10H9Cl3O2S. The Balaban J connectivity index is 2.79. The van der Waals surface area contributed by atoms with Crippen molar-refractivity contribution in [3.8, 4) is 0 Å². The highest BCUT2D eigenvalue weighted by Gasteiger charge is 2.14. The van der Waals surface area contributed by atoms with E-state index in [-0.39, 0.29) is 26.6 Å². The Hall–Kier alpha value is -0.220. The highest BCUT2D eigenvalue weighted by molar-refractivity contribution is 7.91. The van der Waals surface area contributed by atoms with Gasteiger partial charge >= 0.3 is 0 Å². The zero-order valence-corrected chi connectivity index (χ0v) is 11.2. The summed E-state index contributed by atoms with van der Waals surface area (Å²) in [4.78, 5) is 0.269. The minimum absolute atomic E-state index is 0.0927. The van der Waals surface area contributed by atoms with Crippen molar-refractivity contribution in [2.75, 3.05) is 5.75 Å². The van der Waals surface area contributed by atoms with Gasteiger partial charge in [-0.15, -0.1) is 0 Å². The van der Waals surface area contributed by atoms with Crippen LogP contribution in [0.25, 0.3) is 0 Å². The van der Waals surface area contributed by atoms with Crippen molar-refractivity contribution in [2.24, 2.45) is 0 Å². The molecule has 0 unspecified atom stereocenters. The van der Waals surface area contributed by atoms with Gasteiger partial charge in [-0.3, -0.25) is 0 Å². The Labute approximate surface area is 110 Å². The molecule has 0 aliphatic heterocycles. The van der Waals surface area contributed by atoms with Gasteiger partial charge in [0.2, 0.25) is 0 Å². The van der Waals surface area contributed by atoms with Gasteiger partial charge in [-0.05, 0) is 18.6 Å². The van der Waals surface area contributed by atoms with Gasteiger partial charge in [0, 0.05) is 5.03 Å². The van der Waals surface area contributed by atoms with Gasteiger partial charge < -0.3 is 0 Å². The molecule has 0 N–H and O–H groups in total. The molecule has 0 heterocycles. The monoisotopic (exact) mass is 298 g/mol. The molecule has 0 fully saturated rings. The molecule has 0 bridgehead atoms. The molecule has 0 saturated heterocycles. The molecule has 0 aromatic heterocycles. The van der Waals surface area contributed by atoms with Crippen LogP contribution in [0.1, 0.15) is 6.42 Å². The normalized spacial score (nSPS) is 11.2. The maximum absolute atomic E-state index is 11.8. The van der Waals surface area contributed by atoms with Crippen LogP contribution in [0.3, 0.4) is 0 Å². The second-order valence-corrected chi connectivity index (χ2v) is 6.56. The van der Waals surface area contributed by atoms with Crippen molar-refractivity contribution in [3.05, 3.63) is 39.9 Å². The van der Waals surface area contributed by atoms with Gasteiger partial charge in [-0.1, -0.05) is 53.0 Å². The van der Waals surface area contributed by atoms with Crippen LogP contribution < -0.4 is 0 Å². The lowest BCUT2D eigenvalue weighted by molar-refractivity contribution is 0.595. The Morgan fingerprint density at radius 1 is 1.06 bits per heavy atom. The van der Waals surface area contributed by atoms with E-state index in [1.165, 1.54) is 12.1 Å². The molecule has 1 rings (SSSR count). The summed E-state index contributed by atoms with van der Waals surface area (Å²) in [5.74, 6) is -0.112. The average Bonchev–Trinajstić information content (AvgIpc) is 2.27. The zero-order valence-electron chi connectivity index (χ0n) is 8.16. The predicted molar refractivity (Wildman–Crippen MR) is 67.7 cm³/mol. The fourth-order valence-electron chi connectivity index (χ4n) is 1.06. The van der Waals surface area contributed by atoms with Crippen LogP contribution in [0.2, 0.25) is 0 Å². The minimum Gasteiger partial charge on any atom is -0.224 e. The summed E-state index contributed by atoms with van der Waals surface area (Å²) in [5.41, 5.74) is 0. The van der Waals surface area contributed by atoms with Crippen LogP contribution in [0.15, 0.2) is 44.8 Å². The zero-order chi connectivity index (χ0) is 12.2. The van der Waals surface area contributed by atoms with Gasteiger partial charge in [0.05, 0.1) is 10.6 Å². The molecule has 88 valence electrons. The van der Waals surface area contributed by atoms with Crippen molar-refractivity contribution in [1.29, 1.82) is 0 Å². The number of hydrogen-bond acceptors (Lipinski definition) is 2. The Morgan fingerprint density at radius 2 is 1.62 bits per heavy atom. The summed E-state index contributed by atoms with van der Waals surface area (Å²) in [6.07, 6.45) is 0.112. The molecule has 0 saturated carbocycles. The first-order valence-electron chi connectivity index (χ1n) is 4.41. The van der Waals surface area contributed by atoms with Crippen molar-refractivity contribution in [2.45, 2.75) is 11.3 Å². The smallest absolute Gasteiger partial charge is 0.178 e. The SMILES string of the molecule is O=S(=O)(CCC(Cl)=C(Cl)Cl)c1ccccc1. The number of benzene rings is 1. The van der Waals surface area contributed by atoms with Crippen LogP contribution in [0, 0.1) is 0 Å². The van der Waals surface area contributed by atoms with E-state index in [9.17, 15) is 8.42 Å². The van der Waals surface area contributed by atoms with Gasteiger partial charge in [0.15, 0.2) is 9.84 Å². The number of allylic oxidation sites excluding steroid dienone is 1. The summed E-state index contributed by atoms with van der Waals surface area (Å²) in [6.45, 7) is 0. The first kappa shape index (κ1) is 13.8. The number of hydrogen-bond donors (Lipinski definition) is 0. The molecule has 0 aliphatic carbocycles. The standard InChI is InChI=1S/C10H9Cl3O2S/c11-9(10(12)13)6-7-16(14,15)8-4-2-1-3-5-8/h1-5H,6-7H2. The van der Waals surface area contributed by atoms with Gasteiger partial charge in [0.25, 0.3) is 0 Å². The van der Waals surface area contributed by atoms with E-state index in [0.29, 0.717) is 0 Å². The largest absolute Gasteiger partial charge is 0.224 e. The maximum atomic E-state index is 11.8. The number of halogens is 3. The van der Waals surface area contributed by atoms with E-state index < -0.39 is 9.84 Å². The average molecular weight is 300 g/mol.